The maximum Gasteiger partial charge on any atom is 0.317 e. The fourth-order valence-electron chi connectivity index (χ4n) is 2.48. The van der Waals surface area contributed by atoms with E-state index in [2.05, 4.69) is 10.3 Å². The number of pyridine rings is 1. The van der Waals surface area contributed by atoms with Crippen molar-refractivity contribution < 1.29 is 14.7 Å². The van der Waals surface area contributed by atoms with Crippen molar-refractivity contribution >= 4 is 11.9 Å². The number of amides is 1. The fraction of sp³-hybridized carbons (Fsp3) is 0.500. The van der Waals surface area contributed by atoms with Gasteiger partial charge in [0, 0.05) is 37.6 Å². The molecular weight excluding hydrogens is 258 g/mol. The molecule has 1 aromatic heterocycles. The number of carbonyl (C=O) groups excluding carboxylic acids is 1. The van der Waals surface area contributed by atoms with Crippen LogP contribution in [0.15, 0.2) is 24.5 Å². The lowest BCUT2D eigenvalue weighted by Gasteiger charge is -2.33. The fourth-order valence-corrected chi connectivity index (χ4v) is 2.48. The Labute approximate surface area is 117 Å². The lowest BCUT2D eigenvalue weighted by molar-refractivity contribution is -0.136. The Kier molecular flexibility index (Phi) is 5.06. The number of carboxylic acids is 1. The second-order valence-corrected chi connectivity index (χ2v) is 5.02. The highest BCUT2D eigenvalue weighted by Crippen LogP contribution is 2.17. The molecule has 2 heterocycles. The summed E-state index contributed by atoms with van der Waals surface area (Å²) in [7, 11) is 0. The van der Waals surface area contributed by atoms with Crippen LogP contribution in [0.5, 0.6) is 0 Å². The minimum absolute atomic E-state index is 0.0235. The van der Waals surface area contributed by atoms with E-state index in [0.717, 1.165) is 19.4 Å². The Hall–Kier alpha value is -1.95. The predicted octanol–water partition coefficient (Wildman–Crippen LogP) is 0.608. The van der Waals surface area contributed by atoms with Gasteiger partial charge in [0.05, 0.1) is 6.54 Å². The third kappa shape index (κ3) is 4.03. The summed E-state index contributed by atoms with van der Waals surface area (Å²) in [5, 5.41) is 11.5. The molecule has 0 aliphatic carbocycles. The van der Waals surface area contributed by atoms with Crippen LogP contribution in [0.4, 0.5) is 0 Å². The van der Waals surface area contributed by atoms with E-state index in [9.17, 15) is 9.59 Å². The van der Waals surface area contributed by atoms with Crippen LogP contribution in [0, 0.1) is 5.92 Å². The Balaban J connectivity index is 1.87. The summed E-state index contributed by atoms with van der Waals surface area (Å²) < 4.78 is 0. The lowest BCUT2D eigenvalue weighted by atomic mass is 9.97. The largest absolute Gasteiger partial charge is 0.480 e. The number of nitrogens with one attached hydrogen (secondary N) is 1. The molecule has 0 spiro atoms. The lowest BCUT2D eigenvalue weighted by Crippen LogP contribution is -2.43. The number of hydrogen-bond acceptors (Lipinski definition) is 4. The maximum atomic E-state index is 12.3. The molecule has 0 saturated carbocycles. The standard InChI is InChI=1S/C14H19N3O3/c18-13(19)9-16-8-11-2-1-7-17(10-11)14(20)12-3-5-15-6-4-12/h3-6,11,16H,1-2,7-10H2,(H,18,19). The summed E-state index contributed by atoms with van der Waals surface area (Å²) in [5.74, 6) is -0.519. The molecule has 2 rings (SSSR count). The van der Waals surface area contributed by atoms with Crippen LogP contribution < -0.4 is 5.32 Å². The zero-order chi connectivity index (χ0) is 14.4. The summed E-state index contributed by atoms with van der Waals surface area (Å²) in [4.78, 5) is 28.5. The number of rotatable bonds is 5. The predicted molar refractivity (Wildman–Crippen MR) is 73.4 cm³/mol. The van der Waals surface area contributed by atoms with Crippen molar-refractivity contribution in [3.63, 3.8) is 0 Å². The normalized spacial score (nSPS) is 18.8. The third-order valence-electron chi connectivity index (χ3n) is 3.44. The quantitative estimate of drug-likeness (QED) is 0.824. The number of piperidine rings is 1. The van der Waals surface area contributed by atoms with Crippen molar-refractivity contribution in [3.05, 3.63) is 30.1 Å². The number of likely N-dealkylation sites (tertiary alicyclic amines) is 1. The summed E-state index contributed by atoms with van der Waals surface area (Å²) >= 11 is 0. The van der Waals surface area contributed by atoms with Gasteiger partial charge in [0.15, 0.2) is 0 Å². The van der Waals surface area contributed by atoms with Crippen LogP contribution in [0.25, 0.3) is 0 Å². The molecule has 1 amide bonds. The van der Waals surface area contributed by atoms with E-state index < -0.39 is 5.97 Å². The van der Waals surface area contributed by atoms with E-state index in [1.54, 1.807) is 24.5 Å². The molecule has 1 fully saturated rings. The van der Waals surface area contributed by atoms with E-state index in [-0.39, 0.29) is 12.5 Å². The molecular formula is C14H19N3O3. The highest BCUT2D eigenvalue weighted by Gasteiger charge is 2.24. The molecule has 108 valence electrons. The average molecular weight is 277 g/mol. The van der Waals surface area contributed by atoms with Crippen LogP contribution >= 0.6 is 0 Å². The van der Waals surface area contributed by atoms with E-state index in [1.165, 1.54) is 0 Å². The van der Waals surface area contributed by atoms with Gasteiger partial charge in [-0.3, -0.25) is 14.6 Å². The van der Waals surface area contributed by atoms with Crippen LogP contribution in [0.3, 0.4) is 0 Å². The highest BCUT2D eigenvalue weighted by molar-refractivity contribution is 5.94. The van der Waals surface area contributed by atoms with Gasteiger partial charge in [-0.15, -0.1) is 0 Å². The van der Waals surface area contributed by atoms with Gasteiger partial charge in [-0.25, -0.2) is 0 Å². The van der Waals surface area contributed by atoms with Gasteiger partial charge in [-0.2, -0.15) is 0 Å². The number of nitrogens with zero attached hydrogens (tertiary/aromatic N) is 2. The molecule has 6 heteroatoms. The van der Waals surface area contributed by atoms with Gasteiger partial charge in [0.2, 0.25) is 0 Å². The smallest absolute Gasteiger partial charge is 0.317 e. The van der Waals surface area contributed by atoms with Gasteiger partial charge in [-0.1, -0.05) is 0 Å². The SMILES string of the molecule is O=C(O)CNCC1CCCN(C(=O)c2ccncc2)C1. The molecule has 1 aliphatic rings. The minimum atomic E-state index is -0.856. The second-order valence-electron chi connectivity index (χ2n) is 5.02. The maximum absolute atomic E-state index is 12.3. The van der Waals surface area contributed by atoms with E-state index in [1.807, 2.05) is 4.90 Å². The van der Waals surface area contributed by atoms with Crippen LogP contribution in [0.2, 0.25) is 0 Å². The van der Waals surface area contributed by atoms with E-state index >= 15 is 0 Å². The molecule has 20 heavy (non-hydrogen) atoms. The van der Waals surface area contributed by atoms with E-state index in [4.69, 9.17) is 5.11 Å². The second kappa shape index (κ2) is 7.00. The van der Waals surface area contributed by atoms with Crippen molar-refractivity contribution in [1.29, 1.82) is 0 Å². The number of aromatic nitrogens is 1. The van der Waals surface area contributed by atoms with Crippen LogP contribution in [-0.4, -0.2) is 53.0 Å². The third-order valence-corrected chi connectivity index (χ3v) is 3.44. The molecule has 2 N–H and O–H groups in total. The van der Waals surface area contributed by atoms with Crippen molar-refractivity contribution in [1.82, 2.24) is 15.2 Å². The molecule has 1 aliphatic heterocycles. The highest BCUT2D eigenvalue weighted by atomic mass is 16.4. The van der Waals surface area contributed by atoms with Crippen molar-refractivity contribution in [2.75, 3.05) is 26.2 Å². The number of carboxylic acid groups (broad SMARTS) is 1. The first kappa shape index (κ1) is 14.5. The van der Waals surface area contributed by atoms with Gasteiger partial charge in [0.25, 0.3) is 5.91 Å². The van der Waals surface area contributed by atoms with Crippen LogP contribution in [0.1, 0.15) is 23.2 Å². The summed E-state index contributed by atoms with van der Waals surface area (Å²) in [6, 6.07) is 3.43. The number of carbonyl (C=O) groups is 2. The molecule has 1 unspecified atom stereocenters. The Morgan fingerprint density at radius 2 is 2.15 bits per heavy atom. The van der Waals surface area contributed by atoms with Crippen molar-refractivity contribution in [2.45, 2.75) is 12.8 Å². The molecule has 0 aromatic carbocycles. The summed E-state index contributed by atoms with van der Waals surface area (Å²) in [6.07, 6.45) is 5.20. The van der Waals surface area contributed by atoms with Gasteiger partial charge in [0.1, 0.15) is 0 Å². The first-order valence-electron chi connectivity index (χ1n) is 6.78. The number of aliphatic carboxylic acids is 1. The van der Waals surface area contributed by atoms with Gasteiger partial charge >= 0.3 is 5.97 Å². The van der Waals surface area contributed by atoms with Crippen LogP contribution in [-0.2, 0) is 4.79 Å². The Morgan fingerprint density at radius 3 is 2.85 bits per heavy atom. The summed E-state index contributed by atoms with van der Waals surface area (Å²) in [6.45, 7) is 2.03. The first-order valence-corrected chi connectivity index (χ1v) is 6.78. The molecule has 0 radical (unpaired) electrons. The van der Waals surface area contributed by atoms with Crippen molar-refractivity contribution in [3.8, 4) is 0 Å². The molecule has 1 atom stereocenters. The Morgan fingerprint density at radius 1 is 1.40 bits per heavy atom. The van der Waals surface area contributed by atoms with Crippen molar-refractivity contribution in [2.24, 2.45) is 5.92 Å². The topological polar surface area (TPSA) is 82.5 Å². The minimum Gasteiger partial charge on any atom is -0.480 e. The first-order chi connectivity index (χ1) is 9.66. The zero-order valence-corrected chi connectivity index (χ0v) is 11.3. The van der Waals surface area contributed by atoms with Gasteiger partial charge in [-0.05, 0) is 30.9 Å². The molecule has 0 bridgehead atoms. The summed E-state index contributed by atoms with van der Waals surface area (Å²) in [5.41, 5.74) is 0.652. The number of hydrogen-bond donors (Lipinski definition) is 2. The molecule has 1 aromatic rings. The van der Waals surface area contributed by atoms with E-state index in [0.29, 0.717) is 24.6 Å². The molecule has 6 nitrogen and oxygen atoms in total. The Bertz CT molecular complexity index is 464. The average Bonchev–Trinajstić information content (AvgIpc) is 2.47. The molecule has 1 saturated heterocycles. The monoisotopic (exact) mass is 277 g/mol. The zero-order valence-electron chi connectivity index (χ0n) is 11.3. The van der Waals surface area contributed by atoms with Gasteiger partial charge < -0.3 is 15.3 Å².